The molecule has 0 aromatic carbocycles. The lowest BCUT2D eigenvalue weighted by Crippen LogP contribution is -2.20. The van der Waals surface area contributed by atoms with E-state index in [0.29, 0.717) is 6.04 Å². The summed E-state index contributed by atoms with van der Waals surface area (Å²) in [6.07, 6.45) is 2.38. The van der Waals surface area contributed by atoms with Crippen LogP contribution in [-0.4, -0.2) is 6.54 Å². The minimum Gasteiger partial charge on any atom is -0.310 e. The SMILES string of the molecule is CCCNC(CC)c1csc(C)c1. The largest absolute Gasteiger partial charge is 0.310 e. The molecule has 0 aliphatic heterocycles. The van der Waals surface area contributed by atoms with E-state index in [9.17, 15) is 0 Å². The van der Waals surface area contributed by atoms with Crippen LogP contribution in [0.4, 0.5) is 0 Å². The molecule has 1 nitrogen and oxygen atoms in total. The minimum absolute atomic E-state index is 0.560. The molecule has 0 bridgehead atoms. The van der Waals surface area contributed by atoms with Crippen molar-refractivity contribution in [1.82, 2.24) is 5.32 Å². The molecule has 1 unspecified atom stereocenters. The van der Waals surface area contributed by atoms with Crippen LogP contribution in [0.5, 0.6) is 0 Å². The van der Waals surface area contributed by atoms with E-state index in [2.05, 4.69) is 37.5 Å². The quantitative estimate of drug-likeness (QED) is 0.761. The number of hydrogen-bond donors (Lipinski definition) is 1. The van der Waals surface area contributed by atoms with Crippen LogP contribution in [0.25, 0.3) is 0 Å². The summed E-state index contributed by atoms with van der Waals surface area (Å²) in [4.78, 5) is 1.41. The molecule has 2 heteroatoms. The summed E-state index contributed by atoms with van der Waals surface area (Å²) < 4.78 is 0. The van der Waals surface area contributed by atoms with E-state index in [-0.39, 0.29) is 0 Å². The van der Waals surface area contributed by atoms with Crippen LogP contribution in [-0.2, 0) is 0 Å². The molecule has 74 valence electrons. The van der Waals surface area contributed by atoms with Crippen molar-refractivity contribution in [3.05, 3.63) is 21.9 Å². The number of rotatable bonds is 5. The van der Waals surface area contributed by atoms with Crippen LogP contribution in [0.15, 0.2) is 11.4 Å². The van der Waals surface area contributed by atoms with E-state index in [0.717, 1.165) is 6.54 Å². The van der Waals surface area contributed by atoms with Crippen molar-refractivity contribution in [2.75, 3.05) is 6.54 Å². The first-order chi connectivity index (χ1) is 6.27. The van der Waals surface area contributed by atoms with Gasteiger partial charge in [-0.1, -0.05) is 13.8 Å². The van der Waals surface area contributed by atoms with Crippen LogP contribution in [0.1, 0.15) is 43.2 Å². The van der Waals surface area contributed by atoms with E-state index in [1.165, 1.54) is 23.3 Å². The first-order valence-corrected chi connectivity index (χ1v) is 5.94. The molecule has 0 amide bonds. The lowest BCUT2D eigenvalue weighted by molar-refractivity contribution is 0.519. The Morgan fingerprint density at radius 2 is 2.23 bits per heavy atom. The third-order valence-electron chi connectivity index (χ3n) is 2.20. The molecular formula is C11H19NS. The highest BCUT2D eigenvalue weighted by Gasteiger charge is 2.08. The second-order valence-electron chi connectivity index (χ2n) is 3.41. The molecule has 0 fully saturated rings. The molecule has 0 aliphatic rings. The molecule has 1 aromatic rings. The lowest BCUT2D eigenvalue weighted by atomic mass is 10.1. The Hall–Kier alpha value is -0.340. The Bertz CT molecular complexity index is 242. The van der Waals surface area contributed by atoms with Gasteiger partial charge in [-0.3, -0.25) is 0 Å². The molecule has 1 rings (SSSR count). The van der Waals surface area contributed by atoms with Gasteiger partial charge in [-0.15, -0.1) is 11.3 Å². The van der Waals surface area contributed by atoms with E-state index >= 15 is 0 Å². The summed E-state index contributed by atoms with van der Waals surface area (Å²) in [6, 6.07) is 2.85. The first-order valence-electron chi connectivity index (χ1n) is 5.06. The maximum atomic E-state index is 3.56. The normalized spacial score (nSPS) is 13.2. The van der Waals surface area contributed by atoms with Crippen LogP contribution < -0.4 is 5.32 Å². The van der Waals surface area contributed by atoms with Crippen molar-refractivity contribution >= 4 is 11.3 Å². The molecule has 0 saturated heterocycles. The Labute approximate surface area is 85.2 Å². The standard InChI is InChI=1S/C11H19NS/c1-4-6-12-11(5-2)10-7-9(3)13-8-10/h7-8,11-12H,4-6H2,1-3H3. The molecule has 1 aromatic heterocycles. The summed E-state index contributed by atoms with van der Waals surface area (Å²) in [5, 5.41) is 5.83. The second-order valence-corrected chi connectivity index (χ2v) is 4.52. The van der Waals surface area contributed by atoms with Gasteiger partial charge in [0.2, 0.25) is 0 Å². The summed E-state index contributed by atoms with van der Waals surface area (Å²) in [6.45, 7) is 7.73. The predicted octanol–water partition coefficient (Wildman–Crippen LogP) is 3.51. The van der Waals surface area contributed by atoms with Crippen molar-refractivity contribution in [2.45, 2.75) is 39.7 Å². The van der Waals surface area contributed by atoms with Crippen LogP contribution >= 0.6 is 11.3 Å². The van der Waals surface area contributed by atoms with Gasteiger partial charge in [0.15, 0.2) is 0 Å². The number of aryl methyl sites for hydroxylation is 1. The molecular weight excluding hydrogens is 178 g/mol. The first kappa shape index (κ1) is 10.7. The van der Waals surface area contributed by atoms with Crippen molar-refractivity contribution in [3.8, 4) is 0 Å². The maximum Gasteiger partial charge on any atom is 0.0325 e. The predicted molar refractivity (Wildman–Crippen MR) is 60.4 cm³/mol. The van der Waals surface area contributed by atoms with Crippen molar-refractivity contribution in [1.29, 1.82) is 0 Å². The molecule has 1 N–H and O–H groups in total. The Morgan fingerprint density at radius 1 is 1.46 bits per heavy atom. The van der Waals surface area contributed by atoms with E-state index in [1.54, 1.807) is 0 Å². The minimum atomic E-state index is 0.560. The van der Waals surface area contributed by atoms with Crippen molar-refractivity contribution in [3.63, 3.8) is 0 Å². The number of thiophene rings is 1. The molecule has 0 radical (unpaired) electrons. The van der Waals surface area contributed by atoms with E-state index < -0.39 is 0 Å². The zero-order valence-corrected chi connectivity index (χ0v) is 9.58. The van der Waals surface area contributed by atoms with E-state index in [4.69, 9.17) is 0 Å². The molecule has 13 heavy (non-hydrogen) atoms. The topological polar surface area (TPSA) is 12.0 Å². The number of nitrogens with one attached hydrogen (secondary N) is 1. The van der Waals surface area contributed by atoms with Crippen molar-refractivity contribution in [2.24, 2.45) is 0 Å². The average Bonchev–Trinajstić information content (AvgIpc) is 2.54. The Balaban J connectivity index is 2.56. The summed E-state index contributed by atoms with van der Waals surface area (Å²) in [5.74, 6) is 0. The van der Waals surface area contributed by atoms with Crippen LogP contribution in [0.2, 0.25) is 0 Å². The number of hydrogen-bond acceptors (Lipinski definition) is 2. The van der Waals surface area contributed by atoms with Crippen LogP contribution in [0.3, 0.4) is 0 Å². The fraction of sp³-hybridized carbons (Fsp3) is 0.636. The highest BCUT2D eigenvalue weighted by Crippen LogP contribution is 2.22. The molecule has 0 aliphatic carbocycles. The smallest absolute Gasteiger partial charge is 0.0325 e. The van der Waals surface area contributed by atoms with Gasteiger partial charge in [0.05, 0.1) is 0 Å². The Morgan fingerprint density at radius 3 is 2.69 bits per heavy atom. The summed E-state index contributed by atoms with van der Waals surface area (Å²) >= 11 is 1.84. The third kappa shape index (κ3) is 3.12. The highest BCUT2D eigenvalue weighted by molar-refractivity contribution is 7.10. The van der Waals surface area contributed by atoms with Crippen LogP contribution in [0, 0.1) is 6.92 Å². The molecule has 0 saturated carbocycles. The van der Waals surface area contributed by atoms with Gasteiger partial charge in [0, 0.05) is 10.9 Å². The summed E-state index contributed by atoms with van der Waals surface area (Å²) in [7, 11) is 0. The van der Waals surface area contributed by atoms with E-state index in [1.807, 2.05) is 11.3 Å². The van der Waals surface area contributed by atoms with Crippen molar-refractivity contribution < 1.29 is 0 Å². The summed E-state index contributed by atoms with van der Waals surface area (Å²) in [5.41, 5.74) is 1.46. The maximum absolute atomic E-state index is 3.56. The van der Waals surface area contributed by atoms with Gasteiger partial charge in [0.25, 0.3) is 0 Å². The lowest BCUT2D eigenvalue weighted by Gasteiger charge is -2.14. The molecule has 1 atom stereocenters. The average molecular weight is 197 g/mol. The monoisotopic (exact) mass is 197 g/mol. The van der Waals surface area contributed by atoms with Gasteiger partial charge in [-0.2, -0.15) is 0 Å². The fourth-order valence-corrected chi connectivity index (χ4v) is 2.22. The van der Waals surface area contributed by atoms with Gasteiger partial charge in [-0.05, 0) is 43.3 Å². The third-order valence-corrected chi connectivity index (χ3v) is 3.08. The van der Waals surface area contributed by atoms with Gasteiger partial charge >= 0.3 is 0 Å². The van der Waals surface area contributed by atoms with Gasteiger partial charge < -0.3 is 5.32 Å². The molecule has 1 heterocycles. The second kappa shape index (κ2) is 5.40. The molecule has 0 spiro atoms. The van der Waals surface area contributed by atoms with Gasteiger partial charge in [0.1, 0.15) is 0 Å². The zero-order chi connectivity index (χ0) is 9.68. The fourth-order valence-electron chi connectivity index (χ4n) is 1.46. The highest BCUT2D eigenvalue weighted by atomic mass is 32.1. The zero-order valence-electron chi connectivity index (χ0n) is 8.76. The Kier molecular flexibility index (Phi) is 4.46. The van der Waals surface area contributed by atoms with Gasteiger partial charge in [-0.25, -0.2) is 0 Å².